The largest absolute Gasteiger partial charge is 0.492 e. The average molecular weight is 320 g/mol. The van der Waals surface area contributed by atoms with Gasteiger partial charge in [-0.25, -0.2) is 17.5 Å². The third-order valence-corrected chi connectivity index (χ3v) is 4.22. The molecule has 0 aliphatic carbocycles. The van der Waals surface area contributed by atoms with Gasteiger partial charge in [-0.1, -0.05) is 13.8 Å². The van der Waals surface area contributed by atoms with Crippen LogP contribution in [0.5, 0.6) is 5.75 Å². The van der Waals surface area contributed by atoms with Crippen LogP contribution in [0.2, 0.25) is 0 Å². The van der Waals surface area contributed by atoms with E-state index < -0.39 is 21.9 Å². The molecule has 6 nitrogen and oxygen atoms in total. The molecule has 8 heteroatoms. The first-order valence-corrected chi connectivity index (χ1v) is 7.96. The second kappa shape index (κ2) is 7.06. The molecular formula is C13H21FN2O4S. The summed E-state index contributed by atoms with van der Waals surface area (Å²) in [5.41, 5.74) is 5.43. The number of ether oxygens (including phenoxy) is 1. The van der Waals surface area contributed by atoms with Crippen LogP contribution in [0.3, 0.4) is 0 Å². The topological polar surface area (TPSA) is 102 Å². The Balaban J connectivity index is 2.89. The lowest BCUT2D eigenvalue weighted by atomic mass is 10.1. The van der Waals surface area contributed by atoms with Crippen LogP contribution < -0.4 is 15.2 Å². The zero-order valence-electron chi connectivity index (χ0n) is 12.3. The lowest BCUT2D eigenvalue weighted by Crippen LogP contribution is -2.33. The fourth-order valence-electron chi connectivity index (χ4n) is 1.88. The van der Waals surface area contributed by atoms with E-state index in [1.54, 1.807) is 0 Å². The third-order valence-electron chi connectivity index (χ3n) is 2.81. The van der Waals surface area contributed by atoms with Crippen molar-refractivity contribution in [2.75, 3.05) is 19.4 Å². The van der Waals surface area contributed by atoms with E-state index in [-0.39, 0.29) is 28.8 Å². The normalized spacial score (nSPS) is 13.4. The smallest absolute Gasteiger partial charge is 0.240 e. The van der Waals surface area contributed by atoms with E-state index in [0.717, 1.165) is 12.1 Å². The summed E-state index contributed by atoms with van der Waals surface area (Å²) in [5, 5.41) is 9.68. The van der Waals surface area contributed by atoms with E-state index in [1.165, 1.54) is 7.11 Å². The number of methoxy groups -OCH3 is 1. The number of aliphatic hydroxyl groups is 1. The number of nitrogens with two attached hydrogens (primary N) is 1. The number of aliphatic hydroxyl groups excluding tert-OH is 1. The Morgan fingerprint density at radius 3 is 2.52 bits per heavy atom. The minimum Gasteiger partial charge on any atom is -0.492 e. The molecule has 0 saturated heterocycles. The Kier molecular flexibility index (Phi) is 5.94. The maximum atomic E-state index is 13.7. The Morgan fingerprint density at radius 2 is 2.05 bits per heavy atom. The molecule has 0 amide bonds. The van der Waals surface area contributed by atoms with Gasteiger partial charge in [0.15, 0.2) is 11.6 Å². The van der Waals surface area contributed by atoms with Crippen molar-refractivity contribution in [3.8, 4) is 5.75 Å². The van der Waals surface area contributed by atoms with Gasteiger partial charge >= 0.3 is 0 Å². The van der Waals surface area contributed by atoms with E-state index >= 15 is 0 Å². The molecule has 1 unspecified atom stereocenters. The van der Waals surface area contributed by atoms with E-state index in [2.05, 4.69) is 4.72 Å². The van der Waals surface area contributed by atoms with Gasteiger partial charge in [0.05, 0.1) is 23.8 Å². The highest BCUT2D eigenvalue weighted by Crippen LogP contribution is 2.28. The first kappa shape index (κ1) is 17.7. The Hall–Kier alpha value is -1.38. The SMILES string of the molecule is COc1c(N)cc(S(=O)(=O)NCC(O)CC(C)C)cc1F. The van der Waals surface area contributed by atoms with Gasteiger partial charge in [-0.15, -0.1) is 0 Å². The summed E-state index contributed by atoms with van der Waals surface area (Å²) in [6.07, 6.45) is -0.345. The first-order valence-electron chi connectivity index (χ1n) is 6.48. The number of hydrogen-bond donors (Lipinski definition) is 3. The zero-order chi connectivity index (χ0) is 16.2. The molecule has 0 heterocycles. The minimum absolute atomic E-state index is 0.111. The number of halogens is 1. The predicted octanol–water partition coefficient (Wildman–Crippen LogP) is 1.10. The van der Waals surface area contributed by atoms with E-state index in [9.17, 15) is 17.9 Å². The number of sulfonamides is 1. The highest BCUT2D eigenvalue weighted by Gasteiger charge is 2.20. The van der Waals surface area contributed by atoms with Crippen molar-refractivity contribution in [1.29, 1.82) is 0 Å². The molecule has 1 atom stereocenters. The first-order chi connectivity index (χ1) is 9.67. The summed E-state index contributed by atoms with van der Waals surface area (Å²) >= 11 is 0. The fourth-order valence-corrected chi connectivity index (χ4v) is 3.00. The lowest BCUT2D eigenvalue weighted by Gasteiger charge is -2.15. The number of nitrogens with one attached hydrogen (secondary N) is 1. The van der Waals surface area contributed by atoms with Gasteiger partial charge in [0.2, 0.25) is 10.0 Å². The van der Waals surface area contributed by atoms with Crippen LogP contribution in [0.25, 0.3) is 0 Å². The maximum Gasteiger partial charge on any atom is 0.240 e. The van der Waals surface area contributed by atoms with Crippen LogP contribution in [0, 0.1) is 11.7 Å². The van der Waals surface area contributed by atoms with Gasteiger partial charge in [0.25, 0.3) is 0 Å². The van der Waals surface area contributed by atoms with Crippen LogP contribution in [0.1, 0.15) is 20.3 Å². The van der Waals surface area contributed by atoms with Crippen molar-refractivity contribution >= 4 is 15.7 Å². The molecule has 4 N–H and O–H groups in total. The molecule has 0 aliphatic rings. The van der Waals surface area contributed by atoms with Crippen molar-refractivity contribution in [1.82, 2.24) is 4.72 Å². The Labute approximate surface area is 124 Å². The van der Waals surface area contributed by atoms with Gasteiger partial charge in [-0.2, -0.15) is 0 Å². The van der Waals surface area contributed by atoms with E-state index in [4.69, 9.17) is 10.5 Å². The van der Waals surface area contributed by atoms with Crippen LogP contribution in [0.4, 0.5) is 10.1 Å². The number of anilines is 1. The molecule has 1 rings (SSSR count). The maximum absolute atomic E-state index is 13.7. The van der Waals surface area contributed by atoms with Crippen molar-refractivity contribution in [2.45, 2.75) is 31.3 Å². The van der Waals surface area contributed by atoms with Crippen LogP contribution in [0.15, 0.2) is 17.0 Å². The summed E-state index contributed by atoms with van der Waals surface area (Å²) in [7, 11) is -2.71. The molecule has 0 aliphatic heterocycles. The summed E-state index contributed by atoms with van der Waals surface area (Å²) in [4.78, 5) is -0.310. The molecule has 0 bridgehead atoms. The molecule has 0 spiro atoms. The third kappa shape index (κ3) is 4.83. The van der Waals surface area contributed by atoms with Gasteiger partial charge in [-0.05, 0) is 24.5 Å². The summed E-state index contributed by atoms with van der Waals surface area (Å²) in [6.45, 7) is 3.68. The molecule has 1 aromatic rings. The molecule has 0 saturated carbocycles. The van der Waals surface area contributed by atoms with Crippen LogP contribution in [-0.4, -0.2) is 33.3 Å². The van der Waals surface area contributed by atoms with Crippen LogP contribution >= 0.6 is 0 Å². The summed E-state index contributed by atoms with van der Waals surface area (Å²) in [6, 6.07) is 1.94. The van der Waals surface area contributed by atoms with Crippen molar-refractivity contribution in [2.24, 2.45) is 5.92 Å². The standard InChI is InChI=1S/C13H21FN2O4S/c1-8(2)4-9(17)7-16-21(18,19)10-5-11(14)13(20-3)12(15)6-10/h5-6,8-9,16-17H,4,7,15H2,1-3H3. The molecule has 0 radical (unpaired) electrons. The molecule has 21 heavy (non-hydrogen) atoms. The predicted molar refractivity (Wildman–Crippen MR) is 78.0 cm³/mol. The highest BCUT2D eigenvalue weighted by atomic mass is 32.2. The van der Waals surface area contributed by atoms with Gasteiger partial charge in [0.1, 0.15) is 0 Å². The zero-order valence-corrected chi connectivity index (χ0v) is 13.1. The number of hydrogen-bond acceptors (Lipinski definition) is 5. The van der Waals surface area contributed by atoms with Gasteiger partial charge in [-0.3, -0.25) is 0 Å². The van der Waals surface area contributed by atoms with E-state index in [0.29, 0.717) is 6.42 Å². The van der Waals surface area contributed by atoms with E-state index in [1.807, 2.05) is 13.8 Å². The van der Waals surface area contributed by atoms with Gasteiger partial charge in [0, 0.05) is 6.54 Å². The number of rotatable bonds is 7. The van der Waals surface area contributed by atoms with Crippen LogP contribution in [-0.2, 0) is 10.0 Å². The molecule has 120 valence electrons. The average Bonchev–Trinajstić information content (AvgIpc) is 2.35. The molecular weight excluding hydrogens is 299 g/mol. The summed E-state index contributed by atoms with van der Waals surface area (Å²) in [5.74, 6) is -0.826. The minimum atomic E-state index is -3.95. The Bertz CT molecular complexity index is 567. The number of nitrogen functional groups attached to an aromatic ring is 1. The van der Waals surface area contributed by atoms with Crippen molar-refractivity contribution < 1.29 is 22.7 Å². The second-order valence-electron chi connectivity index (χ2n) is 5.16. The molecule has 0 fully saturated rings. The monoisotopic (exact) mass is 320 g/mol. The van der Waals surface area contributed by atoms with Crippen molar-refractivity contribution in [3.63, 3.8) is 0 Å². The molecule has 1 aromatic carbocycles. The fraction of sp³-hybridized carbons (Fsp3) is 0.538. The Morgan fingerprint density at radius 1 is 1.43 bits per heavy atom. The summed E-state index contributed by atoms with van der Waals surface area (Å²) < 4.78 is 44.7. The van der Waals surface area contributed by atoms with Crippen molar-refractivity contribution in [3.05, 3.63) is 17.9 Å². The quantitative estimate of drug-likeness (QED) is 0.653. The lowest BCUT2D eigenvalue weighted by molar-refractivity contribution is 0.152. The second-order valence-corrected chi connectivity index (χ2v) is 6.93. The van der Waals surface area contributed by atoms with Gasteiger partial charge < -0.3 is 15.6 Å². The number of benzene rings is 1. The molecule has 0 aromatic heterocycles. The highest BCUT2D eigenvalue weighted by molar-refractivity contribution is 7.89.